The van der Waals surface area contributed by atoms with Gasteiger partial charge in [-0.3, -0.25) is 4.79 Å². The maximum atomic E-state index is 12.0. The Morgan fingerprint density at radius 2 is 2.05 bits per heavy atom. The van der Waals surface area contributed by atoms with Crippen LogP contribution >= 0.6 is 0 Å². The number of rotatable bonds is 4. The first kappa shape index (κ1) is 13.9. The van der Waals surface area contributed by atoms with Crippen LogP contribution in [0, 0.1) is 13.8 Å². The zero-order chi connectivity index (χ0) is 14.5. The quantitative estimate of drug-likeness (QED) is 0.911. The van der Waals surface area contributed by atoms with Gasteiger partial charge in [0.15, 0.2) is 0 Å². The molecule has 0 aromatic carbocycles. The van der Waals surface area contributed by atoms with E-state index in [0.29, 0.717) is 23.9 Å². The molecular weight excluding hydrogens is 256 g/mol. The number of amides is 1. The monoisotopic (exact) mass is 272 g/mol. The minimum Gasteiger partial charge on any atom is -0.481 e. The molecule has 20 heavy (non-hydrogen) atoms. The number of nitrogens with zero attached hydrogens (tertiary/aromatic N) is 3. The summed E-state index contributed by atoms with van der Waals surface area (Å²) in [6, 6.07) is 7.05. The standard InChI is InChI=1S/C14H16N4O2/c1-9-7-12(17-10(2)16-9)14(19)15-8-11-5-4-6-13(18-11)20-3/h4-7H,8H2,1-3H3,(H,15,19). The van der Waals surface area contributed by atoms with E-state index in [1.807, 2.05) is 19.1 Å². The molecule has 2 aromatic heterocycles. The fourth-order valence-electron chi connectivity index (χ4n) is 1.76. The zero-order valence-electron chi connectivity index (χ0n) is 11.7. The summed E-state index contributed by atoms with van der Waals surface area (Å²) in [4.78, 5) is 24.5. The molecule has 0 spiro atoms. The Kier molecular flexibility index (Phi) is 4.24. The highest BCUT2D eigenvalue weighted by molar-refractivity contribution is 5.92. The van der Waals surface area contributed by atoms with E-state index < -0.39 is 0 Å². The molecule has 0 saturated carbocycles. The average molecular weight is 272 g/mol. The van der Waals surface area contributed by atoms with E-state index in [-0.39, 0.29) is 5.91 Å². The van der Waals surface area contributed by atoms with Crippen LogP contribution in [0.4, 0.5) is 0 Å². The highest BCUT2D eigenvalue weighted by Gasteiger charge is 2.09. The van der Waals surface area contributed by atoms with E-state index in [4.69, 9.17) is 4.74 Å². The van der Waals surface area contributed by atoms with Crippen LogP contribution in [0.25, 0.3) is 0 Å². The Hall–Kier alpha value is -2.50. The maximum Gasteiger partial charge on any atom is 0.270 e. The first-order chi connectivity index (χ1) is 9.58. The molecule has 0 radical (unpaired) electrons. The SMILES string of the molecule is COc1cccc(CNC(=O)c2cc(C)nc(C)n2)n1. The Balaban J connectivity index is 2.04. The second kappa shape index (κ2) is 6.10. The smallest absolute Gasteiger partial charge is 0.270 e. The highest BCUT2D eigenvalue weighted by Crippen LogP contribution is 2.06. The summed E-state index contributed by atoms with van der Waals surface area (Å²) < 4.78 is 5.03. The molecule has 0 atom stereocenters. The van der Waals surface area contributed by atoms with E-state index >= 15 is 0 Å². The largest absolute Gasteiger partial charge is 0.481 e. The van der Waals surface area contributed by atoms with Gasteiger partial charge in [-0.25, -0.2) is 15.0 Å². The van der Waals surface area contributed by atoms with Gasteiger partial charge in [0.2, 0.25) is 5.88 Å². The fourth-order valence-corrected chi connectivity index (χ4v) is 1.76. The Bertz CT molecular complexity index is 608. The van der Waals surface area contributed by atoms with Gasteiger partial charge in [0.1, 0.15) is 11.5 Å². The van der Waals surface area contributed by atoms with Crippen molar-refractivity contribution >= 4 is 5.91 Å². The number of ether oxygens (including phenoxy) is 1. The lowest BCUT2D eigenvalue weighted by molar-refractivity contribution is 0.0944. The van der Waals surface area contributed by atoms with Crippen molar-refractivity contribution in [2.45, 2.75) is 20.4 Å². The number of nitrogens with one attached hydrogen (secondary N) is 1. The van der Waals surface area contributed by atoms with Crippen molar-refractivity contribution < 1.29 is 9.53 Å². The molecule has 6 nitrogen and oxygen atoms in total. The molecule has 2 heterocycles. The van der Waals surface area contributed by atoms with Crippen LogP contribution in [-0.4, -0.2) is 28.0 Å². The van der Waals surface area contributed by atoms with Crippen molar-refractivity contribution in [3.63, 3.8) is 0 Å². The molecule has 0 aliphatic carbocycles. The average Bonchev–Trinajstić information content (AvgIpc) is 2.44. The lowest BCUT2D eigenvalue weighted by Crippen LogP contribution is -2.25. The zero-order valence-corrected chi connectivity index (χ0v) is 11.7. The molecule has 0 aliphatic rings. The maximum absolute atomic E-state index is 12.0. The highest BCUT2D eigenvalue weighted by atomic mass is 16.5. The Labute approximate surface area is 117 Å². The van der Waals surface area contributed by atoms with E-state index in [1.54, 1.807) is 26.2 Å². The predicted octanol–water partition coefficient (Wildman–Crippen LogP) is 1.43. The minimum absolute atomic E-state index is 0.247. The molecule has 0 bridgehead atoms. The number of hydrogen-bond donors (Lipinski definition) is 1. The fraction of sp³-hybridized carbons (Fsp3) is 0.286. The molecule has 1 amide bonds. The summed E-state index contributed by atoms with van der Waals surface area (Å²) in [6.07, 6.45) is 0. The number of carbonyl (C=O) groups is 1. The molecule has 6 heteroatoms. The number of aromatic nitrogens is 3. The molecule has 2 aromatic rings. The van der Waals surface area contributed by atoms with E-state index in [9.17, 15) is 4.79 Å². The first-order valence-electron chi connectivity index (χ1n) is 6.19. The number of hydrogen-bond acceptors (Lipinski definition) is 5. The van der Waals surface area contributed by atoms with Crippen LogP contribution in [-0.2, 0) is 6.54 Å². The summed E-state index contributed by atoms with van der Waals surface area (Å²) in [5.41, 5.74) is 1.85. The molecule has 1 N–H and O–H groups in total. The second-order valence-electron chi connectivity index (χ2n) is 4.30. The third kappa shape index (κ3) is 3.50. The van der Waals surface area contributed by atoms with E-state index in [1.165, 1.54) is 0 Å². The van der Waals surface area contributed by atoms with E-state index in [0.717, 1.165) is 11.4 Å². The molecule has 0 aliphatic heterocycles. The van der Waals surface area contributed by atoms with Gasteiger partial charge in [0.05, 0.1) is 19.3 Å². The lowest BCUT2D eigenvalue weighted by atomic mass is 10.3. The van der Waals surface area contributed by atoms with Crippen molar-refractivity contribution in [3.8, 4) is 5.88 Å². The minimum atomic E-state index is -0.247. The summed E-state index contributed by atoms with van der Waals surface area (Å²) in [6.45, 7) is 3.90. The van der Waals surface area contributed by atoms with Gasteiger partial charge in [0, 0.05) is 11.8 Å². The Morgan fingerprint density at radius 1 is 1.25 bits per heavy atom. The second-order valence-corrected chi connectivity index (χ2v) is 4.30. The molecule has 0 unspecified atom stereocenters. The number of carbonyl (C=O) groups excluding carboxylic acids is 1. The molecule has 0 fully saturated rings. The van der Waals surface area contributed by atoms with Crippen LogP contribution in [0.15, 0.2) is 24.3 Å². The number of methoxy groups -OCH3 is 1. The third-order valence-electron chi connectivity index (χ3n) is 2.62. The first-order valence-corrected chi connectivity index (χ1v) is 6.19. The molecule has 2 rings (SSSR count). The third-order valence-corrected chi connectivity index (χ3v) is 2.62. The van der Waals surface area contributed by atoms with Gasteiger partial charge < -0.3 is 10.1 Å². The van der Waals surface area contributed by atoms with Gasteiger partial charge in [0.25, 0.3) is 5.91 Å². The Morgan fingerprint density at radius 3 is 2.75 bits per heavy atom. The van der Waals surface area contributed by atoms with Crippen molar-refractivity contribution in [1.82, 2.24) is 20.3 Å². The lowest BCUT2D eigenvalue weighted by Gasteiger charge is -2.06. The van der Waals surface area contributed by atoms with Gasteiger partial charge in [-0.2, -0.15) is 0 Å². The normalized spacial score (nSPS) is 10.2. The molecule has 104 valence electrons. The van der Waals surface area contributed by atoms with Gasteiger partial charge >= 0.3 is 0 Å². The molecule has 0 saturated heterocycles. The van der Waals surface area contributed by atoms with Crippen LogP contribution < -0.4 is 10.1 Å². The van der Waals surface area contributed by atoms with Crippen LogP contribution in [0.5, 0.6) is 5.88 Å². The summed E-state index contributed by atoms with van der Waals surface area (Å²) in [7, 11) is 1.55. The van der Waals surface area contributed by atoms with Crippen molar-refractivity contribution in [2.24, 2.45) is 0 Å². The summed E-state index contributed by atoms with van der Waals surface area (Å²) in [5, 5.41) is 2.77. The van der Waals surface area contributed by atoms with Crippen molar-refractivity contribution in [3.05, 3.63) is 47.2 Å². The van der Waals surface area contributed by atoms with Gasteiger partial charge in [-0.1, -0.05) is 6.07 Å². The number of aryl methyl sites for hydroxylation is 2. The van der Waals surface area contributed by atoms with Crippen molar-refractivity contribution in [1.29, 1.82) is 0 Å². The van der Waals surface area contributed by atoms with Crippen LogP contribution in [0.2, 0.25) is 0 Å². The molecular formula is C14H16N4O2. The van der Waals surface area contributed by atoms with Crippen molar-refractivity contribution in [2.75, 3.05) is 7.11 Å². The topological polar surface area (TPSA) is 77.0 Å². The van der Waals surface area contributed by atoms with Crippen LogP contribution in [0.3, 0.4) is 0 Å². The number of pyridine rings is 1. The van der Waals surface area contributed by atoms with Gasteiger partial charge in [-0.15, -0.1) is 0 Å². The summed E-state index contributed by atoms with van der Waals surface area (Å²) in [5.74, 6) is 0.850. The van der Waals surface area contributed by atoms with E-state index in [2.05, 4.69) is 20.3 Å². The van der Waals surface area contributed by atoms with Crippen LogP contribution in [0.1, 0.15) is 27.7 Å². The van der Waals surface area contributed by atoms with Gasteiger partial charge in [-0.05, 0) is 26.0 Å². The predicted molar refractivity (Wildman–Crippen MR) is 73.5 cm³/mol. The summed E-state index contributed by atoms with van der Waals surface area (Å²) >= 11 is 0.